The van der Waals surface area contributed by atoms with Gasteiger partial charge in [-0.2, -0.15) is 13.2 Å². The van der Waals surface area contributed by atoms with Crippen LogP contribution in [0.3, 0.4) is 0 Å². The molecule has 0 fully saturated rings. The summed E-state index contributed by atoms with van der Waals surface area (Å²) in [7, 11) is 0. The number of aliphatic hydroxyl groups excluding tert-OH is 1. The molecule has 9 heteroatoms. The molecule has 0 unspecified atom stereocenters. The van der Waals surface area contributed by atoms with Crippen LogP contribution in [0.25, 0.3) is 10.6 Å². The van der Waals surface area contributed by atoms with Crippen molar-refractivity contribution >= 4 is 34.3 Å². The molecular weight excluding hydrogens is 415 g/mol. The number of nitrogens with one attached hydrogen (secondary N) is 1. The summed E-state index contributed by atoms with van der Waals surface area (Å²) in [6, 6.07) is 9.54. The smallest absolute Gasteiger partial charge is 0.390 e. The van der Waals surface area contributed by atoms with Gasteiger partial charge in [-0.25, -0.2) is 4.98 Å². The number of benzene rings is 2. The highest BCUT2D eigenvalue weighted by Crippen LogP contribution is 2.39. The Labute approximate surface area is 173 Å². The Morgan fingerprint density at radius 2 is 1.97 bits per heavy atom. The minimum Gasteiger partial charge on any atom is -0.390 e. The van der Waals surface area contributed by atoms with Crippen molar-refractivity contribution in [2.75, 3.05) is 5.32 Å². The molecule has 2 heterocycles. The molecule has 1 aliphatic heterocycles. The lowest BCUT2D eigenvalue weighted by atomic mass is 10.0. The first-order valence-electron chi connectivity index (χ1n) is 9.00. The average molecular weight is 431 g/mol. The molecule has 154 valence electrons. The molecule has 0 aliphatic carbocycles. The second kappa shape index (κ2) is 7.66. The molecule has 2 N–H and O–H groups in total. The van der Waals surface area contributed by atoms with Crippen LogP contribution in [0.15, 0.2) is 46.8 Å². The van der Waals surface area contributed by atoms with E-state index in [9.17, 15) is 23.1 Å². The van der Waals surface area contributed by atoms with Crippen LogP contribution in [-0.4, -0.2) is 21.7 Å². The Kier molecular flexibility index (Phi) is 5.17. The van der Waals surface area contributed by atoms with E-state index in [4.69, 9.17) is 0 Å². The van der Waals surface area contributed by atoms with E-state index >= 15 is 0 Å². The normalized spacial score (nSPS) is 14.0. The number of aliphatic imine (C=N–C) groups is 1. The van der Waals surface area contributed by atoms with Gasteiger partial charge in [0.2, 0.25) is 5.91 Å². The van der Waals surface area contributed by atoms with E-state index in [-0.39, 0.29) is 30.0 Å². The SMILES string of the molecule is Cc1cc2c(cc1C(F)(F)F)NC(=O)CC(c1cccc(-c3nc(CO)cs3)c1)=N2. The molecule has 1 aliphatic rings. The first kappa shape index (κ1) is 20.2. The topological polar surface area (TPSA) is 74.6 Å². The maximum absolute atomic E-state index is 13.2. The van der Waals surface area contributed by atoms with Crippen molar-refractivity contribution < 1.29 is 23.1 Å². The maximum Gasteiger partial charge on any atom is 0.416 e. The summed E-state index contributed by atoms with van der Waals surface area (Å²) in [5, 5.41) is 14.2. The largest absolute Gasteiger partial charge is 0.416 e. The van der Waals surface area contributed by atoms with Crippen molar-refractivity contribution in [1.82, 2.24) is 4.98 Å². The number of hydrogen-bond acceptors (Lipinski definition) is 5. The van der Waals surface area contributed by atoms with Gasteiger partial charge in [0.15, 0.2) is 0 Å². The number of thiazole rings is 1. The van der Waals surface area contributed by atoms with Gasteiger partial charge in [-0.3, -0.25) is 9.79 Å². The van der Waals surface area contributed by atoms with E-state index in [1.165, 1.54) is 24.3 Å². The van der Waals surface area contributed by atoms with Crippen LogP contribution in [0.4, 0.5) is 24.5 Å². The van der Waals surface area contributed by atoms with Crippen LogP contribution >= 0.6 is 11.3 Å². The molecule has 0 saturated carbocycles. The van der Waals surface area contributed by atoms with E-state index in [1.54, 1.807) is 17.5 Å². The highest BCUT2D eigenvalue weighted by molar-refractivity contribution is 7.13. The van der Waals surface area contributed by atoms with Crippen molar-refractivity contribution in [3.8, 4) is 10.6 Å². The summed E-state index contributed by atoms with van der Waals surface area (Å²) in [4.78, 5) is 21.2. The lowest BCUT2D eigenvalue weighted by molar-refractivity contribution is -0.138. The number of anilines is 1. The molecular formula is C21H16F3N3O2S. The predicted molar refractivity (Wildman–Crippen MR) is 109 cm³/mol. The number of aromatic nitrogens is 1. The molecule has 4 rings (SSSR count). The maximum atomic E-state index is 13.2. The number of aliphatic hydroxyl groups is 1. The molecule has 1 amide bonds. The van der Waals surface area contributed by atoms with Gasteiger partial charge in [0.25, 0.3) is 0 Å². The van der Waals surface area contributed by atoms with Gasteiger partial charge in [0.1, 0.15) is 5.01 Å². The molecule has 0 bridgehead atoms. The van der Waals surface area contributed by atoms with Crippen molar-refractivity contribution in [3.63, 3.8) is 0 Å². The first-order valence-corrected chi connectivity index (χ1v) is 9.88. The quantitative estimate of drug-likeness (QED) is 0.606. The summed E-state index contributed by atoms with van der Waals surface area (Å²) >= 11 is 1.38. The van der Waals surface area contributed by atoms with Crippen LogP contribution in [0.1, 0.15) is 28.8 Å². The van der Waals surface area contributed by atoms with E-state index in [1.807, 2.05) is 12.1 Å². The highest BCUT2D eigenvalue weighted by atomic mass is 32.1. The second-order valence-corrected chi connectivity index (χ2v) is 7.71. The van der Waals surface area contributed by atoms with Crippen molar-refractivity contribution in [2.45, 2.75) is 26.1 Å². The Hall–Kier alpha value is -3.04. The van der Waals surface area contributed by atoms with Crippen LogP contribution in [0.5, 0.6) is 0 Å². The van der Waals surface area contributed by atoms with Gasteiger partial charge in [-0.05, 0) is 36.2 Å². The number of aryl methyl sites for hydroxylation is 1. The van der Waals surface area contributed by atoms with Gasteiger partial charge in [0.05, 0.1) is 41.4 Å². The van der Waals surface area contributed by atoms with Gasteiger partial charge >= 0.3 is 6.18 Å². The number of alkyl halides is 3. The van der Waals surface area contributed by atoms with Gasteiger partial charge < -0.3 is 10.4 Å². The van der Waals surface area contributed by atoms with E-state index in [0.29, 0.717) is 22.0 Å². The molecule has 3 aromatic rings. The summed E-state index contributed by atoms with van der Waals surface area (Å²) in [6.07, 6.45) is -4.59. The van der Waals surface area contributed by atoms with Crippen LogP contribution in [0.2, 0.25) is 0 Å². The number of carbonyl (C=O) groups excluding carboxylic acids is 1. The Morgan fingerprint density at radius 3 is 2.67 bits per heavy atom. The zero-order valence-electron chi connectivity index (χ0n) is 15.7. The van der Waals surface area contributed by atoms with Gasteiger partial charge in [0, 0.05) is 10.9 Å². The number of nitrogens with zero attached hydrogens (tertiary/aromatic N) is 2. The fourth-order valence-corrected chi connectivity index (χ4v) is 4.04. The summed E-state index contributed by atoms with van der Waals surface area (Å²) in [5.41, 5.74) is 2.05. The molecule has 0 radical (unpaired) electrons. The Bertz CT molecular complexity index is 1170. The van der Waals surface area contributed by atoms with Crippen LogP contribution < -0.4 is 5.32 Å². The number of rotatable bonds is 3. The predicted octanol–water partition coefficient (Wildman–Crippen LogP) is 5.09. The molecule has 2 aromatic carbocycles. The van der Waals surface area contributed by atoms with Crippen molar-refractivity contribution in [2.24, 2.45) is 4.99 Å². The number of fused-ring (bicyclic) bond motifs is 1. The average Bonchev–Trinajstić information content (AvgIpc) is 3.11. The summed E-state index contributed by atoms with van der Waals surface area (Å²) in [6.45, 7) is 1.21. The number of amides is 1. The van der Waals surface area contributed by atoms with Crippen LogP contribution in [0, 0.1) is 6.92 Å². The number of halogens is 3. The van der Waals surface area contributed by atoms with Gasteiger partial charge in [-0.1, -0.05) is 18.2 Å². The van der Waals surface area contributed by atoms with Gasteiger partial charge in [-0.15, -0.1) is 11.3 Å². The fraction of sp³-hybridized carbons (Fsp3) is 0.190. The lowest BCUT2D eigenvalue weighted by Crippen LogP contribution is -2.15. The third kappa shape index (κ3) is 3.99. The second-order valence-electron chi connectivity index (χ2n) is 6.85. The first-order chi connectivity index (χ1) is 14.2. The molecule has 30 heavy (non-hydrogen) atoms. The standard InChI is InChI=1S/C21H16F3N3O2S/c1-11-5-17-18(7-15(11)21(22,23)24)27-19(29)8-16(26-17)12-3-2-4-13(6-12)20-25-14(9-28)10-30-20/h2-7,10,28H,8-9H2,1H3,(H,27,29). The highest BCUT2D eigenvalue weighted by Gasteiger charge is 2.34. The molecule has 0 atom stereocenters. The molecule has 5 nitrogen and oxygen atoms in total. The lowest BCUT2D eigenvalue weighted by Gasteiger charge is -2.13. The molecule has 1 aromatic heterocycles. The number of hydrogen-bond donors (Lipinski definition) is 2. The van der Waals surface area contributed by atoms with E-state index in [2.05, 4.69) is 15.3 Å². The number of carbonyl (C=O) groups is 1. The minimum absolute atomic E-state index is 0.0357. The zero-order chi connectivity index (χ0) is 21.5. The van der Waals surface area contributed by atoms with E-state index in [0.717, 1.165) is 11.6 Å². The fourth-order valence-electron chi connectivity index (χ4n) is 3.23. The Balaban J connectivity index is 1.77. The van der Waals surface area contributed by atoms with Crippen molar-refractivity contribution in [1.29, 1.82) is 0 Å². The monoisotopic (exact) mass is 431 g/mol. The van der Waals surface area contributed by atoms with E-state index < -0.39 is 17.6 Å². The summed E-state index contributed by atoms with van der Waals surface area (Å²) < 4.78 is 39.7. The minimum atomic E-state index is -4.52. The third-order valence-electron chi connectivity index (χ3n) is 4.66. The van der Waals surface area contributed by atoms with Crippen LogP contribution in [-0.2, 0) is 17.6 Å². The van der Waals surface area contributed by atoms with Crippen molar-refractivity contribution in [3.05, 3.63) is 64.2 Å². The Morgan fingerprint density at radius 1 is 1.20 bits per heavy atom. The zero-order valence-corrected chi connectivity index (χ0v) is 16.6. The molecule has 0 spiro atoms. The third-order valence-corrected chi connectivity index (χ3v) is 5.60. The molecule has 0 saturated heterocycles. The summed E-state index contributed by atoms with van der Waals surface area (Å²) in [5.74, 6) is -0.438.